The lowest BCUT2D eigenvalue weighted by atomic mass is 9.90. The van der Waals surface area contributed by atoms with Gasteiger partial charge in [0.05, 0.1) is 5.41 Å². The molecule has 1 rings (SSSR count). The predicted molar refractivity (Wildman–Crippen MR) is 70.4 cm³/mol. The van der Waals surface area contributed by atoms with Crippen LogP contribution in [-0.2, 0) is 4.79 Å². The predicted octanol–water partition coefficient (Wildman–Crippen LogP) is 3.95. The SMILES string of the molecule is CCC(C)(C)C(=O)Oc1c(C)cc(C)cc1C. The summed E-state index contributed by atoms with van der Waals surface area (Å²) >= 11 is 0. The molecule has 0 aromatic heterocycles. The van der Waals surface area contributed by atoms with E-state index in [-0.39, 0.29) is 5.97 Å². The Labute approximate surface area is 104 Å². The van der Waals surface area contributed by atoms with Crippen molar-refractivity contribution < 1.29 is 9.53 Å². The quantitative estimate of drug-likeness (QED) is 0.584. The molecule has 2 nitrogen and oxygen atoms in total. The summed E-state index contributed by atoms with van der Waals surface area (Å²) in [6.07, 6.45) is 0.774. The first-order valence-corrected chi connectivity index (χ1v) is 6.08. The minimum absolute atomic E-state index is 0.157. The van der Waals surface area contributed by atoms with Crippen molar-refractivity contribution in [1.29, 1.82) is 0 Å². The van der Waals surface area contributed by atoms with E-state index in [1.165, 1.54) is 5.56 Å². The highest BCUT2D eigenvalue weighted by Gasteiger charge is 2.28. The fourth-order valence-corrected chi connectivity index (χ4v) is 1.70. The molecule has 17 heavy (non-hydrogen) atoms. The third kappa shape index (κ3) is 3.09. The van der Waals surface area contributed by atoms with Crippen molar-refractivity contribution in [2.45, 2.75) is 48.0 Å². The fourth-order valence-electron chi connectivity index (χ4n) is 1.70. The van der Waals surface area contributed by atoms with E-state index in [1.54, 1.807) is 0 Å². The third-order valence-electron chi connectivity index (χ3n) is 3.24. The van der Waals surface area contributed by atoms with Gasteiger partial charge in [-0.3, -0.25) is 4.79 Å². The summed E-state index contributed by atoms with van der Waals surface area (Å²) in [7, 11) is 0. The summed E-state index contributed by atoms with van der Waals surface area (Å²) in [5, 5.41) is 0. The summed E-state index contributed by atoms with van der Waals surface area (Å²) in [5.74, 6) is 0.553. The Hall–Kier alpha value is -1.31. The van der Waals surface area contributed by atoms with Crippen molar-refractivity contribution in [3.05, 3.63) is 28.8 Å². The molecular weight excluding hydrogens is 212 g/mol. The summed E-state index contributed by atoms with van der Waals surface area (Å²) < 4.78 is 5.55. The summed E-state index contributed by atoms with van der Waals surface area (Å²) in [5.41, 5.74) is 2.80. The van der Waals surface area contributed by atoms with E-state index < -0.39 is 5.41 Å². The monoisotopic (exact) mass is 234 g/mol. The highest BCUT2D eigenvalue weighted by atomic mass is 16.5. The number of carbonyl (C=O) groups excluding carboxylic acids is 1. The number of hydrogen-bond acceptors (Lipinski definition) is 2. The van der Waals surface area contributed by atoms with E-state index in [2.05, 4.69) is 0 Å². The van der Waals surface area contributed by atoms with Crippen LogP contribution in [0.25, 0.3) is 0 Å². The number of carbonyl (C=O) groups is 1. The molecule has 0 amide bonds. The van der Waals surface area contributed by atoms with Gasteiger partial charge in [0.1, 0.15) is 5.75 Å². The second kappa shape index (κ2) is 4.91. The van der Waals surface area contributed by atoms with E-state index in [4.69, 9.17) is 4.74 Å². The molecule has 0 saturated heterocycles. The lowest BCUT2D eigenvalue weighted by molar-refractivity contribution is -0.144. The van der Waals surface area contributed by atoms with Gasteiger partial charge >= 0.3 is 5.97 Å². The van der Waals surface area contributed by atoms with Gasteiger partial charge in [-0.25, -0.2) is 0 Å². The van der Waals surface area contributed by atoms with Crippen LogP contribution < -0.4 is 4.74 Å². The van der Waals surface area contributed by atoms with Crippen LogP contribution >= 0.6 is 0 Å². The Balaban J connectivity index is 3.01. The van der Waals surface area contributed by atoms with E-state index in [0.717, 1.165) is 17.5 Å². The number of rotatable bonds is 3. The maximum atomic E-state index is 12.0. The van der Waals surface area contributed by atoms with Crippen LogP contribution in [0.4, 0.5) is 0 Å². The summed E-state index contributed by atoms with van der Waals surface area (Å²) in [6.45, 7) is 11.8. The summed E-state index contributed by atoms with van der Waals surface area (Å²) in [6, 6.07) is 4.07. The van der Waals surface area contributed by atoms with Gasteiger partial charge in [-0.15, -0.1) is 0 Å². The normalized spacial score (nSPS) is 11.4. The Kier molecular flexibility index (Phi) is 3.97. The Morgan fingerprint density at radius 1 is 1.18 bits per heavy atom. The van der Waals surface area contributed by atoms with E-state index >= 15 is 0 Å². The standard InChI is InChI=1S/C15H22O2/c1-7-15(5,6)14(16)17-13-11(3)8-10(2)9-12(13)4/h8-9H,7H2,1-6H3. The van der Waals surface area contributed by atoms with E-state index in [9.17, 15) is 4.79 Å². The Morgan fingerprint density at radius 2 is 1.65 bits per heavy atom. The summed E-state index contributed by atoms with van der Waals surface area (Å²) in [4.78, 5) is 12.0. The number of aryl methyl sites for hydroxylation is 3. The van der Waals surface area contributed by atoms with Crippen molar-refractivity contribution in [2.24, 2.45) is 5.41 Å². The highest BCUT2D eigenvalue weighted by molar-refractivity contribution is 5.79. The maximum absolute atomic E-state index is 12.0. The van der Waals surface area contributed by atoms with E-state index in [0.29, 0.717) is 5.75 Å². The molecule has 0 radical (unpaired) electrons. The van der Waals surface area contributed by atoms with Gasteiger partial charge in [0, 0.05) is 0 Å². The van der Waals surface area contributed by atoms with Crippen molar-refractivity contribution in [2.75, 3.05) is 0 Å². The Morgan fingerprint density at radius 3 is 2.06 bits per heavy atom. The van der Waals surface area contributed by atoms with Crippen LogP contribution in [0.1, 0.15) is 43.9 Å². The van der Waals surface area contributed by atoms with Gasteiger partial charge in [-0.2, -0.15) is 0 Å². The lowest BCUT2D eigenvalue weighted by Crippen LogP contribution is -2.28. The van der Waals surface area contributed by atoms with Gasteiger partial charge in [-0.05, 0) is 52.2 Å². The second-order valence-corrected chi connectivity index (χ2v) is 5.35. The Bertz CT molecular complexity index is 408. The lowest BCUT2D eigenvalue weighted by Gasteiger charge is -2.21. The largest absolute Gasteiger partial charge is 0.426 e. The van der Waals surface area contributed by atoms with Crippen LogP contribution in [0.2, 0.25) is 0 Å². The van der Waals surface area contributed by atoms with Crippen molar-refractivity contribution in [3.8, 4) is 5.75 Å². The second-order valence-electron chi connectivity index (χ2n) is 5.35. The third-order valence-corrected chi connectivity index (χ3v) is 3.24. The van der Waals surface area contributed by atoms with Gasteiger partial charge in [-0.1, -0.05) is 24.6 Å². The molecule has 94 valence electrons. The van der Waals surface area contributed by atoms with Gasteiger partial charge in [0.15, 0.2) is 0 Å². The molecule has 0 spiro atoms. The zero-order chi connectivity index (χ0) is 13.2. The van der Waals surface area contributed by atoms with Gasteiger partial charge < -0.3 is 4.74 Å². The molecule has 0 aliphatic carbocycles. The van der Waals surface area contributed by atoms with Crippen LogP contribution in [0.15, 0.2) is 12.1 Å². The first-order chi connectivity index (χ1) is 7.77. The molecule has 0 aliphatic heterocycles. The van der Waals surface area contributed by atoms with Crippen LogP contribution in [0.5, 0.6) is 5.75 Å². The maximum Gasteiger partial charge on any atom is 0.316 e. The van der Waals surface area contributed by atoms with Crippen molar-refractivity contribution in [3.63, 3.8) is 0 Å². The van der Waals surface area contributed by atoms with Crippen molar-refractivity contribution >= 4 is 5.97 Å². The molecule has 2 heteroatoms. The van der Waals surface area contributed by atoms with Crippen molar-refractivity contribution in [1.82, 2.24) is 0 Å². The fraction of sp³-hybridized carbons (Fsp3) is 0.533. The smallest absolute Gasteiger partial charge is 0.316 e. The number of esters is 1. The average Bonchev–Trinajstić information content (AvgIpc) is 2.22. The molecule has 0 heterocycles. The average molecular weight is 234 g/mol. The minimum atomic E-state index is -0.427. The minimum Gasteiger partial charge on any atom is -0.426 e. The molecular formula is C15H22O2. The molecule has 0 saturated carbocycles. The molecule has 0 aliphatic rings. The number of ether oxygens (including phenoxy) is 1. The van der Waals surface area contributed by atoms with Crippen LogP contribution in [0, 0.1) is 26.2 Å². The van der Waals surface area contributed by atoms with Crippen LogP contribution in [0.3, 0.4) is 0 Å². The molecule has 0 unspecified atom stereocenters. The van der Waals surface area contributed by atoms with E-state index in [1.807, 2.05) is 53.7 Å². The first-order valence-electron chi connectivity index (χ1n) is 6.08. The molecule has 0 atom stereocenters. The van der Waals surface area contributed by atoms with Crippen LogP contribution in [-0.4, -0.2) is 5.97 Å². The highest BCUT2D eigenvalue weighted by Crippen LogP contribution is 2.28. The number of hydrogen-bond donors (Lipinski definition) is 0. The van der Waals surface area contributed by atoms with Gasteiger partial charge in [0.2, 0.25) is 0 Å². The zero-order valence-corrected chi connectivity index (χ0v) is 11.7. The molecule has 0 fully saturated rings. The first kappa shape index (κ1) is 13.8. The molecule has 1 aromatic rings. The molecule has 0 bridgehead atoms. The van der Waals surface area contributed by atoms with Gasteiger partial charge in [0.25, 0.3) is 0 Å². The zero-order valence-electron chi connectivity index (χ0n) is 11.7. The topological polar surface area (TPSA) is 26.3 Å². The number of benzene rings is 1. The molecule has 1 aromatic carbocycles. The molecule has 0 N–H and O–H groups in total.